The van der Waals surface area contributed by atoms with E-state index in [0.29, 0.717) is 50.0 Å². The molecule has 4 aromatic carbocycles. The van der Waals surface area contributed by atoms with E-state index < -0.39 is 12.0 Å². The molecule has 0 N–H and O–H groups in total. The number of hydrogen-bond donors (Lipinski definition) is 0. The summed E-state index contributed by atoms with van der Waals surface area (Å²) < 4.78 is 24.6. The Morgan fingerprint density at radius 1 is 0.956 bits per heavy atom. The maximum Gasteiger partial charge on any atom is 0.338 e. The summed E-state index contributed by atoms with van der Waals surface area (Å²) in [6.07, 6.45) is 1.82. The maximum atomic E-state index is 14.1. The molecule has 1 aliphatic rings. The van der Waals surface area contributed by atoms with Crippen LogP contribution in [-0.4, -0.2) is 31.4 Å². The standard InChI is InChI=1S/C36H32N2O6S/c1-5-43-35(40)32-22(2)37-36-38(33(32)25-16-17-29(41-3)30(20-25)42-4)34(39)31(45-36)19-23-10-8-14-27(18-23)44-21-26-13-9-12-24-11-6-7-15-28(24)26/h6-20,33H,5,21H2,1-4H3/t33-/m1/s1. The number of rotatable bonds is 9. The molecule has 228 valence electrons. The van der Waals surface area contributed by atoms with Gasteiger partial charge in [0.05, 0.1) is 42.7 Å². The summed E-state index contributed by atoms with van der Waals surface area (Å²) in [5, 5.41) is 2.31. The lowest BCUT2D eigenvalue weighted by Crippen LogP contribution is -2.39. The van der Waals surface area contributed by atoms with Gasteiger partial charge in [-0.15, -0.1) is 0 Å². The highest BCUT2D eigenvalue weighted by molar-refractivity contribution is 7.07. The number of fused-ring (bicyclic) bond motifs is 2. The molecule has 0 saturated heterocycles. The van der Waals surface area contributed by atoms with Crippen molar-refractivity contribution in [3.05, 3.63) is 133 Å². The fourth-order valence-electron chi connectivity index (χ4n) is 5.55. The Morgan fingerprint density at radius 3 is 2.53 bits per heavy atom. The first-order chi connectivity index (χ1) is 21.9. The zero-order valence-electron chi connectivity index (χ0n) is 25.4. The largest absolute Gasteiger partial charge is 0.493 e. The van der Waals surface area contributed by atoms with Crippen LogP contribution in [0.15, 0.2) is 106 Å². The molecule has 8 nitrogen and oxygen atoms in total. The Kier molecular flexibility index (Phi) is 8.53. The number of benzene rings is 4. The van der Waals surface area contributed by atoms with Gasteiger partial charge in [0.1, 0.15) is 12.4 Å². The molecule has 0 radical (unpaired) electrons. The molecular formula is C36H32N2O6S. The summed E-state index contributed by atoms with van der Waals surface area (Å²) in [7, 11) is 3.10. The van der Waals surface area contributed by atoms with E-state index in [0.717, 1.165) is 21.9 Å². The average Bonchev–Trinajstić information content (AvgIpc) is 3.36. The van der Waals surface area contributed by atoms with Crippen LogP contribution in [0.3, 0.4) is 0 Å². The highest BCUT2D eigenvalue weighted by atomic mass is 32.1. The predicted molar refractivity (Wildman–Crippen MR) is 175 cm³/mol. The first-order valence-electron chi connectivity index (χ1n) is 14.5. The lowest BCUT2D eigenvalue weighted by atomic mass is 9.95. The van der Waals surface area contributed by atoms with Crippen LogP contribution in [0.1, 0.15) is 36.6 Å². The number of aromatic nitrogens is 1. The number of hydrogen-bond acceptors (Lipinski definition) is 8. The maximum absolute atomic E-state index is 14.1. The first-order valence-corrected chi connectivity index (χ1v) is 15.3. The van der Waals surface area contributed by atoms with Gasteiger partial charge in [0, 0.05) is 0 Å². The third-order valence-electron chi connectivity index (χ3n) is 7.67. The zero-order valence-corrected chi connectivity index (χ0v) is 26.2. The van der Waals surface area contributed by atoms with Crippen molar-refractivity contribution in [2.45, 2.75) is 26.5 Å². The van der Waals surface area contributed by atoms with Gasteiger partial charge in [-0.05, 0) is 71.7 Å². The molecule has 1 atom stereocenters. The SMILES string of the molecule is CCOC(=O)C1=C(C)N=c2sc(=Cc3cccc(OCc4cccc5ccccc45)c3)c(=O)n2[C@@H]1c1ccc(OC)c(OC)c1. The highest BCUT2D eigenvalue weighted by Crippen LogP contribution is 2.36. The van der Waals surface area contributed by atoms with Gasteiger partial charge in [0.25, 0.3) is 5.56 Å². The normalized spacial score (nSPS) is 14.6. The fraction of sp³-hybridized carbons (Fsp3) is 0.194. The van der Waals surface area contributed by atoms with E-state index in [9.17, 15) is 9.59 Å². The summed E-state index contributed by atoms with van der Waals surface area (Å²) in [6.45, 7) is 4.11. The summed E-state index contributed by atoms with van der Waals surface area (Å²) in [5.41, 5.74) is 3.09. The van der Waals surface area contributed by atoms with E-state index >= 15 is 0 Å². The summed E-state index contributed by atoms with van der Waals surface area (Å²) >= 11 is 1.27. The third kappa shape index (κ3) is 5.86. The van der Waals surface area contributed by atoms with E-state index in [-0.39, 0.29) is 12.2 Å². The lowest BCUT2D eigenvalue weighted by molar-refractivity contribution is -0.139. The molecule has 0 amide bonds. The zero-order chi connectivity index (χ0) is 31.5. The smallest absolute Gasteiger partial charge is 0.338 e. The van der Waals surface area contributed by atoms with Crippen LogP contribution in [-0.2, 0) is 16.1 Å². The van der Waals surface area contributed by atoms with Crippen LogP contribution in [0.25, 0.3) is 16.8 Å². The van der Waals surface area contributed by atoms with Gasteiger partial charge in [-0.25, -0.2) is 9.79 Å². The number of thiazole rings is 1. The molecule has 0 unspecified atom stereocenters. The first kappa shape index (κ1) is 29.9. The van der Waals surface area contributed by atoms with Crippen molar-refractivity contribution >= 4 is 34.2 Å². The third-order valence-corrected chi connectivity index (χ3v) is 8.65. The number of carbonyl (C=O) groups excluding carboxylic acids is 1. The molecule has 0 aliphatic carbocycles. The van der Waals surface area contributed by atoms with Crippen molar-refractivity contribution in [3.63, 3.8) is 0 Å². The molecule has 45 heavy (non-hydrogen) atoms. The van der Waals surface area contributed by atoms with Crippen molar-refractivity contribution in [1.82, 2.24) is 4.57 Å². The minimum Gasteiger partial charge on any atom is -0.493 e. The van der Waals surface area contributed by atoms with Gasteiger partial charge in [0.15, 0.2) is 16.3 Å². The highest BCUT2D eigenvalue weighted by Gasteiger charge is 2.34. The Labute approximate surface area is 264 Å². The molecule has 5 aromatic rings. The number of allylic oxidation sites excluding steroid dienone is 1. The number of carbonyl (C=O) groups is 1. The topological polar surface area (TPSA) is 88.4 Å². The summed E-state index contributed by atoms with van der Waals surface area (Å²) in [4.78, 5) is 32.4. The van der Waals surface area contributed by atoms with Crippen molar-refractivity contribution in [2.75, 3.05) is 20.8 Å². The van der Waals surface area contributed by atoms with Crippen molar-refractivity contribution < 1.29 is 23.7 Å². The number of esters is 1. The fourth-order valence-corrected chi connectivity index (χ4v) is 6.60. The Morgan fingerprint density at radius 2 is 1.73 bits per heavy atom. The molecule has 6 rings (SSSR count). The second-order valence-corrected chi connectivity index (χ2v) is 11.4. The van der Waals surface area contributed by atoms with Crippen LogP contribution in [0.2, 0.25) is 0 Å². The van der Waals surface area contributed by atoms with E-state index in [1.165, 1.54) is 11.3 Å². The van der Waals surface area contributed by atoms with Gasteiger partial charge >= 0.3 is 5.97 Å². The van der Waals surface area contributed by atoms with Crippen LogP contribution in [0, 0.1) is 0 Å². The average molecular weight is 621 g/mol. The number of methoxy groups -OCH3 is 2. The predicted octanol–water partition coefficient (Wildman–Crippen LogP) is 5.55. The van der Waals surface area contributed by atoms with Crippen molar-refractivity contribution in [2.24, 2.45) is 4.99 Å². The van der Waals surface area contributed by atoms with Gasteiger partial charge in [-0.2, -0.15) is 0 Å². The van der Waals surface area contributed by atoms with E-state index in [1.807, 2.05) is 54.6 Å². The second kappa shape index (κ2) is 12.8. The van der Waals surface area contributed by atoms with Gasteiger partial charge < -0.3 is 18.9 Å². The summed E-state index contributed by atoms with van der Waals surface area (Å²) in [5.74, 6) is 1.18. The van der Waals surface area contributed by atoms with Gasteiger partial charge in [-0.3, -0.25) is 9.36 Å². The van der Waals surface area contributed by atoms with Gasteiger partial charge in [-0.1, -0.05) is 72.0 Å². The van der Waals surface area contributed by atoms with Crippen molar-refractivity contribution in [1.29, 1.82) is 0 Å². The minimum absolute atomic E-state index is 0.192. The van der Waals surface area contributed by atoms with Crippen LogP contribution in [0.5, 0.6) is 17.2 Å². The Balaban J connectivity index is 1.39. The monoisotopic (exact) mass is 620 g/mol. The van der Waals surface area contributed by atoms with E-state index in [4.69, 9.17) is 18.9 Å². The van der Waals surface area contributed by atoms with E-state index in [2.05, 4.69) is 29.3 Å². The summed E-state index contributed by atoms with van der Waals surface area (Å²) in [6, 6.07) is 26.6. The molecule has 9 heteroatoms. The lowest BCUT2D eigenvalue weighted by Gasteiger charge is -2.25. The number of ether oxygens (including phenoxy) is 4. The van der Waals surface area contributed by atoms with Crippen LogP contribution < -0.4 is 29.1 Å². The molecule has 0 spiro atoms. The molecule has 0 bridgehead atoms. The molecule has 0 saturated carbocycles. The molecule has 2 heterocycles. The number of nitrogens with zero attached hydrogens (tertiary/aromatic N) is 2. The molecule has 1 aromatic heterocycles. The van der Waals surface area contributed by atoms with Crippen molar-refractivity contribution in [3.8, 4) is 17.2 Å². The molecular weight excluding hydrogens is 588 g/mol. The molecule has 0 fully saturated rings. The second-order valence-electron chi connectivity index (χ2n) is 10.4. The molecule has 1 aliphatic heterocycles. The van der Waals surface area contributed by atoms with Crippen LogP contribution in [0.4, 0.5) is 0 Å². The quantitative estimate of drug-likeness (QED) is 0.201. The van der Waals surface area contributed by atoms with E-state index in [1.54, 1.807) is 44.8 Å². The Bertz CT molecular complexity index is 2120. The van der Waals surface area contributed by atoms with Gasteiger partial charge in [0.2, 0.25) is 0 Å². The van der Waals surface area contributed by atoms with Crippen LogP contribution >= 0.6 is 11.3 Å². The minimum atomic E-state index is -0.766. The Hall–Kier alpha value is -5.15.